The van der Waals surface area contributed by atoms with E-state index in [0.29, 0.717) is 35.0 Å². The molecule has 1 aliphatic rings. The Morgan fingerprint density at radius 3 is 2.42 bits per heavy atom. The van der Waals surface area contributed by atoms with E-state index < -0.39 is 17.7 Å². The predicted molar refractivity (Wildman–Crippen MR) is 148 cm³/mol. The van der Waals surface area contributed by atoms with Crippen molar-refractivity contribution in [2.45, 2.75) is 12.8 Å². The molecule has 40 heavy (non-hydrogen) atoms. The highest BCUT2D eigenvalue weighted by atomic mass is 16.5. The number of ether oxygens (including phenoxy) is 1. The number of hydrogen-bond acceptors (Lipinski definition) is 8. The van der Waals surface area contributed by atoms with Crippen LogP contribution in [-0.4, -0.2) is 52.6 Å². The summed E-state index contributed by atoms with van der Waals surface area (Å²) in [6.07, 6.45) is 3.61. The van der Waals surface area contributed by atoms with Crippen molar-refractivity contribution in [3.05, 3.63) is 83.2 Å². The number of amides is 3. The Balaban J connectivity index is 1.77. The van der Waals surface area contributed by atoms with E-state index in [1.54, 1.807) is 35.8 Å². The van der Waals surface area contributed by atoms with Gasteiger partial charge in [-0.3, -0.25) is 19.6 Å². The number of carbonyl (C=O) groups excluding carboxylic acids is 3. The molecule has 1 aromatic heterocycles. The van der Waals surface area contributed by atoms with Crippen LogP contribution in [0.3, 0.4) is 0 Å². The summed E-state index contributed by atoms with van der Waals surface area (Å²) in [5, 5.41) is 26.8. The smallest absolute Gasteiger partial charge is 0.293 e. The Hall–Kier alpha value is -5.23. The molecular weight excluding hydrogens is 516 g/mol. The molecule has 3 amide bonds. The first-order chi connectivity index (χ1) is 19.3. The molecule has 0 unspecified atom stereocenters. The number of aromatic nitrogens is 1. The first-order valence-corrected chi connectivity index (χ1v) is 12.3. The lowest BCUT2D eigenvalue weighted by Gasteiger charge is -2.17. The van der Waals surface area contributed by atoms with Crippen molar-refractivity contribution in [3.8, 4) is 16.9 Å². The number of oxime groups is 1. The van der Waals surface area contributed by atoms with Crippen molar-refractivity contribution >= 4 is 35.3 Å². The third kappa shape index (κ3) is 6.08. The second kappa shape index (κ2) is 12.1. The fourth-order valence-corrected chi connectivity index (χ4v) is 4.00. The topological polar surface area (TPSA) is 188 Å². The summed E-state index contributed by atoms with van der Waals surface area (Å²) < 4.78 is 5.47. The molecule has 0 aliphatic heterocycles. The van der Waals surface area contributed by atoms with E-state index in [2.05, 4.69) is 27.4 Å². The lowest BCUT2D eigenvalue weighted by atomic mass is 9.94. The Morgan fingerprint density at radius 1 is 1.10 bits per heavy atom. The molecule has 1 saturated carbocycles. The number of pyridine rings is 1. The van der Waals surface area contributed by atoms with Crippen molar-refractivity contribution in [3.63, 3.8) is 0 Å². The van der Waals surface area contributed by atoms with Crippen molar-refractivity contribution in [1.29, 1.82) is 0 Å². The van der Waals surface area contributed by atoms with Crippen molar-refractivity contribution in [1.82, 2.24) is 15.8 Å². The van der Waals surface area contributed by atoms with Crippen LogP contribution >= 0.6 is 0 Å². The predicted octanol–water partition coefficient (Wildman–Crippen LogP) is 3.01. The summed E-state index contributed by atoms with van der Waals surface area (Å²) in [5.74, 6) is -1.25. The van der Waals surface area contributed by atoms with Gasteiger partial charge in [0, 0.05) is 40.0 Å². The van der Waals surface area contributed by atoms with Crippen LogP contribution in [-0.2, 0) is 0 Å². The van der Waals surface area contributed by atoms with E-state index in [1.165, 1.54) is 31.4 Å². The minimum Gasteiger partial charge on any atom is -0.496 e. The molecule has 2 aromatic carbocycles. The molecule has 1 fully saturated rings. The monoisotopic (exact) mass is 544 g/mol. The zero-order valence-corrected chi connectivity index (χ0v) is 21.6. The van der Waals surface area contributed by atoms with Gasteiger partial charge in [-0.1, -0.05) is 17.8 Å². The van der Waals surface area contributed by atoms with Crippen LogP contribution in [0.1, 0.15) is 55.3 Å². The minimum atomic E-state index is -0.969. The van der Waals surface area contributed by atoms with Crippen molar-refractivity contribution < 1.29 is 29.5 Å². The maximum Gasteiger partial charge on any atom is 0.293 e. The van der Waals surface area contributed by atoms with Gasteiger partial charge in [-0.15, -0.1) is 0 Å². The molecule has 0 bridgehead atoms. The highest BCUT2D eigenvalue weighted by molar-refractivity contribution is 6.11. The van der Waals surface area contributed by atoms with E-state index in [-0.39, 0.29) is 33.9 Å². The van der Waals surface area contributed by atoms with E-state index in [0.717, 1.165) is 12.8 Å². The number of nitrogens with zero attached hydrogens (tertiary/aromatic N) is 2. The zero-order chi connectivity index (χ0) is 28.8. The first kappa shape index (κ1) is 27.8. The van der Waals surface area contributed by atoms with Gasteiger partial charge in [0.1, 0.15) is 17.1 Å². The molecule has 7 N–H and O–H groups in total. The number of hydroxylamine groups is 1. The molecule has 4 rings (SSSR count). The number of anilines is 1. The Kier molecular flexibility index (Phi) is 8.40. The molecule has 0 atom stereocenters. The van der Waals surface area contributed by atoms with Gasteiger partial charge in [0.2, 0.25) is 0 Å². The Morgan fingerprint density at radius 2 is 1.82 bits per heavy atom. The summed E-state index contributed by atoms with van der Waals surface area (Å²) in [6, 6.07) is 12.3. The normalized spacial score (nSPS) is 12.8. The second-order valence-corrected chi connectivity index (χ2v) is 9.05. The van der Waals surface area contributed by atoms with Gasteiger partial charge < -0.3 is 26.3 Å². The zero-order valence-electron chi connectivity index (χ0n) is 21.6. The number of carbonyl (C=O) groups is 3. The molecule has 12 nitrogen and oxygen atoms in total. The second-order valence-electron chi connectivity index (χ2n) is 9.05. The Labute approximate surface area is 229 Å². The number of benzene rings is 2. The highest BCUT2D eigenvalue weighted by Crippen LogP contribution is 2.34. The lowest BCUT2D eigenvalue weighted by Crippen LogP contribution is -2.28. The summed E-state index contributed by atoms with van der Waals surface area (Å²) in [7, 11) is 1.45. The minimum absolute atomic E-state index is 0.0190. The van der Waals surface area contributed by atoms with Crippen LogP contribution in [0.2, 0.25) is 0 Å². The van der Waals surface area contributed by atoms with Gasteiger partial charge in [-0.2, -0.15) is 0 Å². The van der Waals surface area contributed by atoms with Crippen LogP contribution in [0.15, 0.2) is 60.3 Å². The van der Waals surface area contributed by atoms with E-state index in [4.69, 9.17) is 15.7 Å². The van der Waals surface area contributed by atoms with Crippen LogP contribution in [0.4, 0.5) is 5.69 Å². The van der Waals surface area contributed by atoms with Crippen LogP contribution in [0.25, 0.3) is 17.2 Å². The summed E-state index contributed by atoms with van der Waals surface area (Å²) in [4.78, 5) is 43.1. The maximum absolute atomic E-state index is 13.5. The van der Waals surface area contributed by atoms with Crippen LogP contribution in [0, 0.1) is 5.92 Å². The van der Waals surface area contributed by atoms with E-state index >= 15 is 0 Å². The fourth-order valence-electron chi connectivity index (χ4n) is 4.00. The third-order valence-electron chi connectivity index (χ3n) is 6.36. The molecule has 3 aromatic rings. The summed E-state index contributed by atoms with van der Waals surface area (Å²) in [6.45, 7) is 4.28. The van der Waals surface area contributed by atoms with E-state index in [9.17, 15) is 19.6 Å². The van der Waals surface area contributed by atoms with Gasteiger partial charge in [0.25, 0.3) is 17.7 Å². The number of methoxy groups -OCH3 is 1. The number of amidine groups is 1. The average molecular weight is 545 g/mol. The lowest BCUT2D eigenvalue weighted by molar-refractivity contribution is 0.0701. The van der Waals surface area contributed by atoms with Gasteiger partial charge in [0.15, 0.2) is 5.84 Å². The number of nitrogens with two attached hydrogens (primary N) is 1. The number of nitrogens with one attached hydrogen (secondary N) is 3. The molecule has 206 valence electrons. The SMILES string of the molecule is C=Cc1cc(C(=O)Nc2ccc(/C(N)=N/O)cc2)c(-c2ccc(C(=O)NCC3CC3)nc2C(=O)NO)cc1OC. The van der Waals surface area contributed by atoms with Crippen LogP contribution in [0.5, 0.6) is 5.75 Å². The summed E-state index contributed by atoms with van der Waals surface area (Å²) in [5.41, 5.74) is 8.80. The highest BCUT2D eigenvalue weighted by Gasteiger charge is 2.25. The standard InChI is InChI=1S/C28H28N6O6/c1-3-16-12-21(26(35)31-18-8-6-17(7-9-18)25(29)33-38)20(13-23(16)40-2)19-10-11-22(32-24(19)28(37)34-39)27(36)30-14-15-4-5-15/h3,6-13,15,38-39H,1,4-5,14H2,2H3,(H2,29,33)(H,30,36)(H,31,35)(H,34,37). The molecule has 0 radical (unpaired) electrons. The first-order valence-electron chi connectivity index (χ1n) is 12.3. The molecule has 12 heteroatoms. The van der Waals surface area contributed by atoms with Gasteiger partial charge >= 0.3 is 0 Å². The third-order valence-corrected chi connectivity index (χ3v) is 6.36. The van der Waals surface area contributed by atoms with Crippen molar-refractivity contribution in [2.75, 3.05) is 19.0 Å². The average Bonchev–Trinajstić information content (AvgIpc) is 3.83. The molecule has 0 spiro atoms. The molecule has 0 saturated heterocycles. The number of rotatable bonds is 10. The molecule has 1 aliphatic carbocycles. The van der Waals surface area contributed by atoms with Crippen LogP contribution < -0.4 is 26.6 Å². The van der Waals surface area contributed by atoms with E-state index in [1.807, 2.05) is 0 Å². The maximum atomic E-state index is 13.5. The Bertz CT molecular complexity index is 1500. The van der Waals surface area contributed by atoms with Gasteiger partial charge in [-0.25, -0.2) is 10.5 Å². The van der Waals surface area contributed by atoms with Gasteiger partial charge in [0.05, 0.1) is 7.11 Å². The molecule has 1 heterocycles. The molecular formula is C28H28N6O6. The van der Waals surface area contributed by atoms with Gasteiger partial charge in [-0.05, 0) is 67.3 Å². The number of hydrogen-bond donors (Lipinski definition) is 6. The largest absolute Gasteiger partial charge is 0.496 e. The summed E-state index contributed by atoms with van der Waals surface area (Å²) >= 11 is 0. The quantitative estimate of drug-likeness (QED) is 0.0738. The van der Waals surface area contributed by atoms with Crippen molar-refractivity contribution in [2.24, 2.45) is 16.8 Å². The fraction of sp³-hybridized carbons (Fsp3) is 0.179.